The Morgan fingerprint density at radius 3 is 2.46 bits per heavy atom. The second-order valence-electron chi connectivity index (χ2n) is 12.6. The number of carbonyl (C=O) groups excluding carboxylic acids is 1. The van der Waals surface area contributed by atoms with Crippen LogP contribution in [0, 0.1) is 18.6 Å². The van der Waals surface area contributed by atoms with Crippen molar-refractivity contribution in [3.8, 4) is 5.75 Å². The molecule has 3 aliphatic heterocycles. The number of aryl methyl sites for hydroxylation is 1. The minimum atomic E-state index is -4.14. The number of halogens is 2. The number of benzene rings is 3. The Morgan fingerprint density at radius 1 is 0.962 bits per heavy atom. The lowest BCUT2D eigenvalue weighted by Gasteiger charge is -2.32. The summed E-state index contributed by atoms with van der Waals surface area (Å²) < 4.78 is 106. The Bertz CT molecular complexity index is 2190. The monoisotopic (exact) mass is 759 g/mol. The molecular formula is C34H35F2N5O9S2. The summed E-state index contributed by atoms with van der Waals surface area (Å²) in [7, 11) is -8.11. The zero-order valence-electron chi connectivity index (χ0n) is 28.0. The highest BCUT2D eigenvalue weighted by Gasteiger charge is 2.55. The van der Waals surface area contributed by atoms with Gasteiger partial charge in [-0.1, -0.05) is 22.9 Å². The fourth-order valence-corrected chi connectivity index (χ4v) is 9.05. The van der Waals surface area contributed by atoms with E-state index in [0.717, 1.165) is 17.7 Å². The Morgan fingerprint density at radius 2 is 1.71 bits per heavy atom. The van der Waals surface area contributed by atoms with Crippen molar-refractivity contribution in [1.82, 2.24) is 19.3 Å². The fourth-order valence-electron chi connectivity index (χ4n) is 6.45. The van der Waals surface area contributed by atoms with E-state index in [1.165, 1.54) is 44.2 Å². The molecule has 0 N–H and O–H groups in total. The van der Waals surface area contributed by atoms with Crippen LogP contribution in [0.2, 0.25) is 0 Å². The van der Waals surface area contributed by atoms with Gasteiger partial charge in [-0.2, -0.15) is 12.7 Å². The van der Waals surface area contributed by atoms with Crippen molar-refractivity contribution < 1.29 is 48.8 Å². The molecule has 14 nitrogen and oxygen atoms in total. The lowest BCUT2D eigenvalue weighted by Crippen LogP contribution is -2.47. The molecule has 1 aromatic heterocycles. The van der Waals surface area contributed by atoms with E-state index in [-0.39, 0.29) is 67.2 Å². The summed E-state index contributed by atoms with van der Waals surface area (Å²) in [5.41, 5.74) is 1.86. The van der Waals surface area contributed by atoms with Gasteiger partial charge in [0.1, 0.15) is 18.1 Å². The lowest BCUT2D eigenvalue weighted by atomic mass is 10.1. The molecule has 0 saturated carbocycles. The number of sulfonamides is 1. The van der Waals surface area contributed by atoms with E-state index in [1.54, 1.807) is 18.3 Å². The van der Waals surface area contributed by atoms with Gasteiger partial charge in [0, 0.05) is 18.2 Å². The number of rotatable bonds is 12. The first-order valence-electron chi connectivity index (χ1n) is 16.6. The first-order chi connectivity index (χ1) is 24.9. The number of hydrogen-bond acceptors (Lipinski definition) is 11. The largest absolute Gasteiger partial charge is 0.489 e. The Balaban J connectivity index is 1.08. The number of carbonyl (C=O) groups is 1. The van der Waals surface area contributed by atoms with Gasteiger partial charge in [0.05, 0.1) is 60.6 Å². The molecule has 1 spiro atoms. The summed E-state index contributed by atoms with van der Waals surface area (Å²) in [5.74, 6) is -4.27. The summed E-state index contributed by atoms with van der Waals surface area (Å²) in [5, 5.41) is 8.19. The van der Waals surface area contributed by atoms with Crippen LogP contribution in [0.15, 0.2) is 76.7 Å². The van der Waals surface area contributed by atoms with E-state index in [4.69, 9.17) is 18.4 Å². The average molecular weight is 760 g/mol. The van der Waals surface area contributed by atoms with E-state index >= 15 is 0 Å². The van der Waals surface area contributed by atoms with E-state index in [2.05, 4.69) is 10.3 Å². The maximum Gasteiger partial charge on any atom is 0.297 e. The van der Waals surface area contributed by atoms with Gasteiger partial charge in [-0.05, 0) is 68.7 Å². The quantitative estimate of drug-likeness (QED) is 0.194. The predicted molar refractivity (Wildman–Crippen MR) is 179 cm³/mol. The van der Waals surface area contributed by atoms with Crippen LogP contribution in [-0.2, 0) is 57.5 Å². The van der Waals surface area contributed by atoms with Crippen LogP contribution in [0.25, 0.3) is 0 Å². The van der Waals surface area contributed by atoms with Crippen molar-refractivity contribution in [2.24, 2.45) is 0 Å². The third kappa shape index (κ3) is 6.93. The molecule has 3 aliphatic rings. The zero-order chi connectivity index (χ0) is 36.7. The van der Waals surface area contributed by atoms with Gasteiger partial charge in [0.15, 0.2) is 11.6 Å². The van der Waals surface area contributed by atoms with Crippen molar-refractivity contribution in [2.75, 3.05) is 37.9 Å². The normalized spacial score (nSPS) is 19.0. The van der Waals surface area contributed by atoms with Gasteiger partial charge in [-0.3, -0.25) is 8.98 Å². The van der Waals surface area contributed by atoms with Crippen LogP contribution in [-0.4, -0.2) is 81.1 Å². The number of nitrogens with zero attached hydrogens (tertiary/aromatic N) is 5. The highest BCUT2D eigenvalue weighted by atomic mass is 32.2. The maximum absolute atomic E-state index is 14.2. The van der Waals surface area contributed by atoms with Gasteiger partial charge >= 0.3 is 0 Å². The number of anilines is 1. The van der Waals surface area contributed by atoms with Crippen LogP contribution in [0.1, 0.15) is 36.1 Å². The molecule has 7 rings (SSSR count). The number of aromatic nitrogens is 3. The van der Waals surface area contributed by atoms with Crippen LogP contribution in [0.4, 0.5) is 14.5 Å². The first kappa shape index (κ1) is 36.0. The Labute approximate surface area is 299 Å². The number of hydrogen-bond donors (Lipinski definition) is 0. The van der Waals surface area contributed by atoms with Crippen molar-refractivity contribution >= 4 is 31.7 Å². The fraction of sp³-hybridized carbons (Fsp3) is 0.382. The molecule has 0 aliphatic carbocycles. The van der Waals surface area contributed by atoms with E-state index in [1.807, 2.05) is 6.92 Å². The molecule has 4 heterocycles. The zero-order valence-corrected chi connectivity index (χ0v) is 29.6. The van der Waals surface area contributed by atoms with Gasteiger partial charge < -0.3 is 19.1 Å². The molecule has 52 heavy (non-hydrogen) atoms. The van der Waals surface area contributed by atoms with Gasteiger partial charge in [0.25, 0.3) is 21.8 Å². The maximum atomic E-state index is 14.2. The third-order valence-electron chi connectivity index (χ3n) is 9.07. The third-order valence-corrected chi connectivity index (χ3v) is 12.3. The van der Waals surface area contributed by atoms with Crippen molar-refractivity contribution in [1.29, 1.82) is 0 Å². The van der Waals surface area contributed by atoms with Crippen molar-refractivity contribution in [3.05, 3.63) is 95.3 Å². The van der Waals surface area contributed by atoms with Crippen molar-refractivity contribution in [2.45, 2.75) is 60.9 Å². The van der Waals surface area contributed by atoms with E-state index in [9.17, 15) is 30.4 Å². The second-order valence-corrected chi connectivity index (χ2v) is 16.1. The minimum absolute atomic E-state index is 0.0356. The summed E-state index contributed by atoms with van der Waals surface area (Å²) in [6, 6.07) is 12.9. The van der Waals surface area contributed by atoms with Gasteiger partial charge in [-0.15, -0.1) is 5.10 Å². The molecule has 1 atom stereocenters. The average Bonchev–Trinajstić information content (AvgIpc) is 3.84. The molecule has 18 heteroatoms. The van der Waals surface area contributed by atoms with E-state index in [0.29, 0.717) is 36.7 Å². The van der Waals surface area contributed by atoms with Crippen LogP contribution in [0.3, 0.4) is 0 Å². The summed E-state index contributed by atoms with van der Waals surface area (Å²) in [6.07, 6.45) is 3.09. The van der Waals surface area contributed by atoms with Crippen LogP contribution in [0.5, 0.6) is 5.75 Å². The highest BCUT2D eigenvalue weighted by molar-refractivity contribution is 7.89. The van der Waals surface area contributed by atoms with Crippen LogP contribution >= 0.6 is 0 Å². The molecule has 276 valence electrons. The molecule has 4 aromatic rings. The smallest absolute Gasteiger partial charge is 0.297 e. The lowest BCUT2D eigenvalue weighted by molar-refractivity contribution is -0.256. The molecule has 0 bridgehead atoms. The SMILES string of the molecule is Cc1ccc(S(=O)(=O)OCCn2cc(CN3C(=O)C4(OCCCO4)c4cc(S(=O)(=O)N5CCC[C@H]5COc5ccc(F)cc5F)ccc43)nn2)cc1. The number of ether oxygens (including phenoxy) is 3. The summed E-state index contributed by atoms with van der Waals surface area (Å²) in [6.45, 7) is 2.07. The summed E-state index contributed by atoms with van der Waals surface area (Å²) >= 11 is 0. The molecule has 1 amide bonds. The minimum Gasteiger partial charge on any atom is -0.489 e. The Kier molecular flexibility index (Phi) is 9.87. The predicted octanol–water partition coefficient (Wildman–Crippen LogP) is 3.64. The molecule has 0 unspecified atom stereocenters. The number of fused-ring (bicyclic) bond motifs is 2. The number of amides is 1. The summed E-state index contributed by atoms with van der Waals surface area (Å²) in [4.78, 5) is 15.4. The molecule has 2 fully saturated rings. The first-order valence-corrected chi connectivity index (χ1v) is 19.4. The molecular weight excluding hydrogens is 725 g/mol. The second kappa shape index (κ2) is 14.2. The Hall–Kier alpha value is -4.33. The van der Waals surface area contributed by atoms with E-state index < -0.39 is 49.5 Å². The highest BCUT2D eigenvalue weighted by Crippen LogP contribution is 2.47. The van der Waals surface area contributed by atoms with Gasteiger partial charge in [-0.25, -0.2) is 21.9 Å². The van der Waals surface area contributed by atoms with Crippen LogP contribution < -0.4 is 9.64 Å². The molecule has 0 radical (unpaired) electrons. The van der Waals surface area contributed by atoms with Crippen molar-refractivity contribution in [3.63, 3.8) is 0 Å². The molecule has 2 saturated heterocycles. The van der Waals surface area contributed by atoms with Gasteiger partial charge in [0.2, 0.25) is 10.0 Å². The topological polar surface area (TPSA) is 159 Å². The molecule has 3 aromatic carbocycles. The standard InChI is InChI=1S/C34H35F2N5O9S2/c1-23-5-8-27(9-6-23)52(45,46)50-17-14-39-20-25(37-38-39)21-40-31-11-10-28(19-29(31)34(33(40)42)48-15-3-16-49-34)51(43,44)41-13-2-4-26(41)22-47-32-12-7-24(35)18-30(32)36/h5-12,18-20,26H,2-4,13-17,21-22H2,1H3/t26-/m0/s1.